The highest BCUT2D eigenvalue weighted by Gasteiger charge is 2.37. The van der Waals surface area contributed by atoms with E-state index in [0.717, 1.165) is 43.3 Å². The molecule has 2 aromatic carbocycles. The van der Waals surface area contributed by atoms with Crippen LogP contribution in [0.25, 0.3) is 0 Å². The second-order valence-electron chi connectivity index (χ2n) is 11.3. The number of aromatic nitrogens is 1. The number of nitrogens with one attached hydrogen (secondary N) is 1. The van der Waals surface area contributed by atoms with Crippen LogP contribution in [-0.4, -0.2) is 72.6 Å². The number of hydrogen-bond acceptors (Lipinski definition) is 6. The maximum Gasteiger partial charge on any atom is 0.282 e. The third-order valence-corrected chi connectivity index (χ3v) is 10.5. The molecule has 3 atom stereocenters. The quantitative estimate of drug-likeness (QED) is 0.314. The molecule has 8 nitrogen and oxygen atoms in total. The van der Waals surface area contributed by atoms with Crippen LogP contribution in [0.4, 0.5) is 17.6 Å². The molecule has 2 aliphatic rings. The number of carbonyl (C=O) groups is 1. The lowest BCUT2D eigenvalue weighted by Crippen LogP contribution is -2.57. The van der Waals surface area contributed by atoms with Crippen molar-refractivity contribution in [3.05, 3.63) is 100 Å². The zero-order chi connectivity index (χ0) is 31.4. The van der Waals surface area contributed by atoms with E-state index in [0.29, 0.717) is 50.8 Å². The van der Waals surface area contributed by atoms with Crippen molar-refractivity contribution in [2.24, 2.45) is 5.73 Å². The summed E-state index contributed by atoms with van der Waals surface area (Å²) in [5.41, 5.74) is 7.40. The van der Waals surface area contributed by atoms with Crippen LogP contribution in [0.2, 0.25) is 0 Å². The fourth-order valence-electron chi connectivity index (χ4n) is 6.13. The number of rotatable bonds is 11. The molecule has 0 radical (unpaired) electrons. The molecule has 0 amide bonds. The summed E-state index contributed by atoms with van der Waals surface area (Å²) in [4.78, 5) is 17.5. The highest BCUT2D eigenvalue weighted by molar-refractivity contribution is 7.86. The van der Waals surface area contributed by atoms with E-state index < -0.39 is 57.3 Å². The van der Waals surface area contributed by atoms with Crippen LogP contribution in [0, 0.1) is 23.3 Å². The van der Waals surface area contributed by atoms with E-state index in [1.54, 1.807) is 0 Å². The summed E-state index contributed by atoms with van der Waals surface area (Å²) in [6.45, 7) is 2.17. The van der Waals surface area contributed by atoms with Crippen molar-refractivity contribution in [1.29, 1.82) is 0 Å². The van der Waals surface area contributed by atoms with Gasteiger partial charge in [0.1, 0.15) is 23.3 Å². The topological polar surface area (TPSA) is 109 Å². The zero-order valence-electron chi connectivity index (χ0n) is 24.1. The molecule has 3 N–H and O–H groups in total. The normalized spacial score (nSPS) is 19.6. The van der Waals surface area contributed by atoms with Crippen LogP contribution < -0.4 is 11.1 Å². The van der Waals surface area contributed by atoms with Crippen molar-refractivity contribution >= 4 is 16.0 Å². The summed E-state index contributed by atoms with van der Waals surface area (Å²) < 4.78 is 86.9. The SMILES string of the molecule is N[C@H](C(=O)Cc1cncc(F)c1CC[C@H]1CNCCN1S(=O)(=O)N1CCCC1)[C@@H](c1ccc(F)cc1)c1cc(F)cc(F)c1. The van der Waals surface area contributed by atoms with Crippen LogP contribution in [0.5, 0.6) is 0 Å². The zero-order valence-corrected chi connectivity index (χ0v) is 24.9. The molecule has 0 spiro atoms. The minimum atomic E-state index is -3.66. The van der Waals surface area contributed by atoms with Crippen molar-refractivity contribution < 1.29 is 30.8 Å². The number of ketones is 1. The Morgan fingerprint density at radius 1 is 0.955 bits per heavy atom. The number of carbonyl (C=O) groups excluding carboxylic acids is 1. The molecule has 2 fully saturated rings. The van der Waals surface area contributed by atoms with Gasteiger partial charge >= 0.3 is 0 Å². The Morgan fingerprint density at radius 2 is 1.64 bits per heavy atom. The molecule has 0 bridgehead atoms. The molecular formula is C31H35F4N5O3S. The first kappa shape index (κ1) is 32.2. The fraction of sp³-hybridized carbons (Fsp3) is 0.419. The van der Waals surface area contributed by atoms with Gasteiger partial charge in [0.15, 0.2) is 5.78 Å². The van der Waals surface area contributed by atoms with Crippen molar-refractivity contribution in [2.45, 2.75) is 50.1 Å². The van der Waals surface area contributed by atoms with Gasteiger partial charge in [-0.05, 0) is 72.2 Å². The van der Waals surface area contributed by atoms with Gasteiger partial charge in [-0.2, -0.15) is 17.0 Å². The summed E-state index contributed by atoms with van der Waals surface area (Å²) in [5, 5.41) is 3.22. The molecule has 0 saturated carbocycles. The standard InChI is InChI=1S/C31H35F4N5O3S/c32-23-5-3-20(4-6-23)30(21-13-24(33)16-25(34)14-21)31(36)29(41)15-22-17-38-19-28(35)27(22)8-7-26-18-37-9-12-40(26)44(42,43)39-10-1-2-11-39/h3-6,13-14,16-17,19,26,30-31,37H,1-2,7-12,15,18,36H2/t26-,30-,31+/m0/s1. The number of halogens is 4. The van der Waals surface area contributed by atoms with Crippen molar-refractivity contribution in [3.63, 3.8) is 0 Å². The number of pyridine rings is 1. The molecule has 3 aromatic rings. The smallest absolute Gasteiger partial charge is 0.282 e. The van der Waals surface area contributed by atoms with E-state index in [-0.39, 0.29) is 29.5 Å². The number of nitrogens with zero attached hydrogens (tertiary/aromatic N) is 3. The monoisotopic (exact) mass is 633 g/mol. The minimum absolute atomic E-state index is 0.0941. The summed E-state index contributed by atoms with van der Waals surface area (Å²) in [5.74, 6) is -4.45. The Balaban J connectivity index is 1.37. The lowest BCUT2D eigenvalue weighted by Gasteiger charge is -2.37. The van der Waals surface area contributed by atoms with Crippen LogP contribution in [0.1, 0.15) is 47.4 Å². The molecule has 5 rings (SSSR count). The molecule has 2 saturated heterocycles. The number of hydrogen-bond donors (Lipinski definition) is 2. The summed E-state index contributed by atoms with van der Waals surface area (Å²) in [6.07, 6.45) is 4.15. The summed E-state index contributed by atoms with van der Waals surface area (Å²) in [6, 6.07) is 6.21. The predicted molar refractivity (Wildman–Crippen MR) is 157 cm³/mol. The van der Waals surface area contributed by atoms with E-state index in [4.69, 9.17) is 5.73 Å². The van der Waals surface area contributed by atoms with Gasteiger partial charge in [0.25, 0.3) is 10.2 Å². The van der Waals surface area contributed by atoms with Gasteiger partial charge < -0.3 is 11.1 Å². The summed E-state index contributed by atoms with van der Waals surface area (Å²) >= 11 is 0. The Bertz CT molecular complexity index is 1570. The average Bonchev–Trinajstić information content (AvgIpc) is 3.54. The molecule has 13 heteroatoms. The molecular weight excluding hydrogens is 598 g/mol. The van der Waals surface area contributed by atoms with Crippen molar-refractivity contribution in [1.82, 2.24) is 18.9 Å². The molecule has 3 heterocycles. The first-order chi connectivity index (χ1) is 21.0. The van der Waals surface area contributed by atoms with Gasteiger partial charge in [0.2, 0.25) is 0 Å². The first-order valence-electron chi connectivity index (χ1n) is 14.6. The Kier molecular flexibility index (Phi) is 10.1. The molecule has 236 valence electrons. The minimum Gasteiger partial charge on any atom is -0.321 e. The third-order valence-electron chi connectivity index (χ3n) is 8.37. The number of nitrogens with two attached hydrogens (primary N) is 1. The van der Waals surface area contributed by atoms with E-state index in [1.165, 1.54) is 26.9 Å². The van der Waals surface area contributed by atoms with Gasteiger partial charge in [0, 0.05) is 63.4 Å². The fourth-order valence-corrected chi connectivity index (χ4v) is 8.02. The highest BCUT2D eigenvalue weighted by Crippen LogP contribution is 2.31. The predicted octanol–water partition coefficient (Wildman–Crippen LogP) is 3.46. The van der Waals surface area contributed by atoms with E-state index in [2.05, 4.69) is 10.3 Å². The van der Waals surface area contributed by atoms with E-state index in [1.807, 2.05) is 0 Å². The van der Waals surface area contributed by atoms with Crippen LogP contribution in [0.3, 0.4) is 0 Å². The maximum atomic E-state index is 15.2. The largest absolute Gasteiger partial charge is 0.321 e. The third kappa shape index (κ3) is 7.18. The second-order valence-corrected chi connectivity index (χ2v) is 13.2. The Morgan fingerprint density at radius 3 is 2.32 bits per heavy atom. The van der Waals surface area contributed by atoms with Gasteiger partial charge in [-0.1, -0.05) is 12.1 Å². The molecule has 0 unspecified atom stereocenters. The number of piperazine rings is 1. The lowest BCUT2D eigenvalue weighted by atomic mass is 9.82. The van der Waals surface area contributed by atoms with Gasteiger partial charge in [0.05, 0.1) is 12.2 Å². The Hall–Kier alpha value is -3.23. The molecule has 1 aromatic heterocycles. The van der Waals surface area contributed by atoms with Crippen molar-refractivity contribution in [3.8, 4) is 0 Å². The van der Waals surface area contributed by atoms with Crippen LogP contribution >= 0.6 is 0 Å². The maximum absolute atomic E-state index is 15.2. The van der Waals surface area contributed by atoms with Crippen LogP contribution in [0.15, 0.2) is 54.9 Å². The van der Waals surface area contributed by atoms with Gasteiger partial charge in [-0.15, -0.1) is 0 Å². The second kappa shape index (κ2) is 13.8. The number of benzene rings is 2. The lowest BCUT2D eigenvalue weighted by molar-refractivity contribution is -0.119. The van der Waals surface area contributed by atoms with Crippen LogP contribution in [-0.2, 0) is 27.8 Å². The molecule has 44 heavy (non-hydrogen) atoms. The molecule has 0 aliphatic carbocycles. The first-order valence-corrected chi connectivity index (χ1v) is 16.0. The Labute approximate surface area is 254 Å². The highest BCUT2D eigenvalue weighted by atomic mass is 32.2. The summed E-state index contributed by atoms with van der Waals surface area (Å²) in [7, 11) is -3.66. The van der Waals surface area contributed by atoms with Crippen molar-refractivity contribution in [2.75, 3.05) is 32.7 Å². The number of Topliss-reactive ketones (excluding diaryl/α,β-unsaturated/α-hetero) is 1. The average molecular weight is 634 g/mol. The van der Waals surface area contributed by atoms with Gasteiger partial charge in [-0.25, -0.2) is 17.6 Å². The van der Waals surface area contributed by atoms with E-state index in [9.17, 15) is 26.4 Å². The van der Waals surface area contributed by atoms with E-state index >= 15 is 4.39 Å². The molecule has 2 aliphatic heterocycles. The van der Waals surface area contributed by atoms with Gasteiger partial charge in [-0.3, -0.25) is 9.78 Å².